The molecule has 0 radical (unpaired) electrons. The van der Waals surface area contributed by atoms with Gasteiger partial charge in [0.2, 0.25) is 0 Å². The minimum absolute atomic E-state index is 0.264. The van der Waals surface area contributed by atoms with Crippen LogP contribution in [-0.2, 0) is 0 Å². The summed E-state index contributed by atoms with van der Waals surface area (Å²) in [5.74, 6) is -0.378. The van der Waals surface area contributed by atoms with Crippen LogP contribution < -0.4 is 0 Å². The normalized spacial score (nSPS) is 11.4. The molecule has 0 aliphatic carbocycles. The molecule has 0 atom stereocenters. The molecule has 2 aromatic carbocycles. The molecule has 1 heterocycles. The van der Waals surface area contributed by atoms with Gasteiger partial charge in [0, 0.05) is 26.3 Å². The molecule has 0 spiro atoms. The number of rotatable bonds is 0. The molecule has 16 heavy (non-hydrogen) atoms. The van der Waals surface area contributed by atoms with Gasteiger partial charge in [-0.15, -0.1) is 0 Å². The van der Waals surface area contributed by atoms with E-state index in [2.05, 4.69) is 15.9 Å². The fraction of sp³-hybridized carbons (Fsp3) is 0. The van der Waals surface area contributed by atoms with Crippen LogP contribution in [0.2, 0.25) is 5.02 Å². The molecule has 80 valence electrons. The van der Waals surface area contributed by atoms with Crippen LogP contribution in [0.25, 0.3) is 21.9 Å². The lowest BCUT2D eigenvalue weighted by molar-refractivity contribution is 0.583. The van der Waals surface area contributed by atoms with E-state index in [1.54, 1.807) is 12.1 Å². The molecule has 0 aliphatic rings. The smallest absolute Gasteiger partial charge is 0.171 e. The van der Waals surface area contributed by atoms with Crippen molar-refractivity contribution in [1.29, 1.82) is 0 Å². The largest absolute Gasteiger partial charge is 0.453 e. The SMILES string of the molecule is Fc1cc(Br)cc2c1oc1cc(Cl)ccc12. The highest BCUT2D eigenvalue weighted by molar-refractivity contribution is 9.10. The predicted molar refractivity (Wildman–Crippen MR) is 66.4 cm³/mol. The number of hydrogen-bond acceptors (Lipinski definition) is 1. The van der Waals surface area contributed by atoms with Crippen molar-refractivity contribution < 1.29 is 8.81 Å². The van der Waals surface area contributed by atoms with Crippen LogP contribution in [0.15, 0.2) is 39.2 Å². The van der Waals surface area contributed by atoms with Gasteiger partial charge in [-0.3, -0.25) is 0 Å². The molecule has 0 fully saturated rings. The zero-order chi connectivity index (χ0) is 11.3. The molecule has 0 bridgehead atoms. The Balaban J connectivity index is 2.55. The molecular formula is C12H5BrClFO. The van der Waals surface area contributed by atoms with Crippen LogP contribution >= 0.6 is 27.5 Å². The first-order chi connectivity index (χ1) is 7.65. The molecule has 0 aliphatic heterocycles. The van der Waals surface area contributed by atoms with Gasteiger partial charge in [-0.1, -0.05) is 27.5 Å². The third-order valence-corrected chi connectivity index (χ3v) is 3.15. The van der Waals surface area contributed by atoms with Crippen LogP contribution in [0.3, 0.4) is 0 Å². The number of fused-ring (bicyclic) bond motifs is 3. The van der Waals surface area contributed by atoms with Crippen molar-refractivity contribution >= 4 is 49.5 Å². The molecule has 0 amide bonds. The minimum Gasteiger partial charge on any atom is -0.453 e. The van der Waals surface area contributed by atoms with Crippen LogP contribution in [0.4, 0.5) is 4.39 Å². The van der Waals surface area contributed by atoms with Crippen molar-refractivity contribution in [2.45, 2.75) is 0 Å². The van der Waals surface area contributed by atoms with E-state index in [4.69, 9.17) is 16.0 Å². The predicted octanol–water partition coefficient (Wildman–Crippen LogP) is 5.14. The topological polar surface area (TPSA) is 13.1 Å². The summed E-state index contributed by atoms with van der Waals surface area (Å²) >= 11 is 9.11. The fourth-order valence-electron chi connectivity index (χ4n) is 1.78. The third-order valence-electron chi connectivity index (χ3n) is 2.45. The summed E-state index contributed by atoms with van der Waals surface area (Å²) in [5.41, 5.74) is 0.861. The number of benzene rings is 2. The maximum absolute atomic E-state index is 13.6. The van der Waals surface area contributed by atoms with E-state index >= 15 is 0 Å². The molecule has 3 rings (SSSR count). The van der Waals surface area contributed by atoms with Crippen molar-refractivity contribution in [1.82, 2.24) is 0 Å². The summed E-state index contributed by atoms with van der Waals surface area (Å²) in [6.45, 7) is 0. The van der Waals surface area contributed by atoms with Crippen LogP contribution in [-0.4, -0.2) is 0 Å². The van der Waals surface area contributed by atoms with Gasteiger partial charge in [0.25, 0.3) is 0 Å². The Hall–Kier alpha value is -1.06. The standard InChI is InChI=1S/C12H5BrClFO/c13-6-3-9-8-2-1-7(14)5-11(8)16-12(9)10(15)4-6/h1-5H. The zero-order valence-electron chi connectivity index (χ0n) is 7.93. The zero-order valence-corrected chi connectivity index (χ0v) is 10.3. The fourth-order valence-corrected chi connectivity index (χ4v) is 2.37. The number of halogens is 3. The minimum atomic E-state index is -0.378. The van der Waals surface area contributed by atoms with Gasteiger partial charge in [0.05, 0.1) is 0 Å². The molecule has 4 heteroatoms. The first-order valence-electron chi connectivity index (χ1n) is 4.62. The monoisotopic (exact) mass is 298 g/mol. The summed E-state index contributed by atoms with van der Waals surface area (Å²) < 4.78 is 19.8. The van der Waals surface area contributed by atoms with Crippen molar-refractivity contribution in [2.75, 3.05) is 0 Å². The molecule has 1 nitrogen and oxygen atoms in total. The van der Waals surface area contributed by atoms with E-state index in [1.807, 2.05) is 12.1 Å². The van der Waals surface area contributed by atoms with Crippen LogP contribution in [0.1, 0.15) is 0 Å². The van der Waals surface area contributed by atoms with E-state index in [0.717, 1.165) is 10.8 Å². The van der Waals surface area contributed by atoms with Crippen molar-refractivity contribution in [3.05, 3.63) is 45.6 Å². The number of hydrogen-bond donors (Lipinski definition) is 0. The van der Waals surface area contributed by atoms with E-state index in [0.29, 0.717) is 15.1 Å². The lowest BCUT2D eigenvalue weighted by atomic mass is 10.1. The van der Waals surface area contributed by atoms with Gasteiger partial charge in [0.1, 0.15) is 5.58 Å². The summed E-state index contributed by atoms with van der Waals surface area (Å²) in [7, 11) is 0. The summed E-state index contributed by atoms with van der Waals surface area (Å²) in [5, 5.41) is 2.18. The van der Waals surface area contributed by atoms with Gasteiger partial charge in [-0.05, 0) is 24.3 Å². The maximum atomic E-state index is 13.6. The average molecular weight is 300 g/mol. The van der Waals surface area contributed by atoms with Crippen molar-refractivity contribution in [2.24, 2.45) is 0 Å². The lowest BCUT2D eigenvalue weighted by Gasteiger charge is -1.93. The highest BCUT2D eigenvalue weighted by atomic mass is 79.9. The van der Waals surface area contributed by atoms with Gasteiger partial charge >= 0.3 is 0 Å². The van der Waals surface area contributed by atoms with Gasteiger partial charge < -0.3 is 4.42 Å². The Morgan fingerprint density at radius 3 is 2.75 bits per heavy atom. The highest BCUT2D eigenvalue weighted by Crippen LogP contribution is 2.33. The van der Waals surface area contributed by atoms with E-state index < -0.39 is 0 Å². The Morgan fingerprint density at radius 1 is 1.12 bits per heavy atom. The molecule has 0 unspecified atom stereocenters. The maximum Gasteiger partial charge on any atom is 0.171 e. The third kappa shape index (κ3) is 1.43. The molecule has 3 aromatic rings. The van der Waals surface area contributed by atoms with E-state index in [-0.39, 0.29) is 11.4 Å². The quantitative estimate of drug-likeness (QED) is 0.560. The second-order valence-electron chi connectivity index (χ2n) is 3.51. The summed E-state index contributed by atoms with van der Waals surface area (Å²) in [6.07, 6.45) is 0. The lowest BCUT2D eigenvalue weighted by Crippen LogP contribution is -1.75. The first-order valence-corrected chi connectivity index (χ1v) is 5.79. The Labute approximate surface area is 104 Å². The van der Waals surface area contributed by atoms with Crippen molar-refractivity contribution in [3.8, 4) is 0 Å². The highest BCUT2D eigenvalue weighted by Gasteiger charge is 2.12. The first kappa shape index (κ1) is 10.1. The summed E-state index contributed by atoms with van der Waals surface area (Å²) in [4.78, 5) is 0. The molecule has 1 aromatic heterocycles. The van der Waals surface area contributed by atoms with E-state index in [9.17, 15) is 4.39 Å². The average Bonchev–Trinajstić information content (AvgIpc) is 2.56. The number of furan rings is 1. The molecule has 0 saturated carbocycles. The van der Waals surface area contributed by atoms with E-state index in [1.165, 1.54) is 6.07 Å². The van der Waals surface area contributed by atoms with Gasteiger partial charge in [-0.2, -0.15) is 0 Å². The van der Waals surface area contributed by atoms with Gasteiger partial charge in [-0.25, -0.2) is 4.39 Å². The Bertz CT molecular complexity index is 705. The molecule has 0 N–H and O–H groups in total. The second-order valence-corrected chi connectivity index (χ2v) is 4.86. The Morgan fingerprint density at radius 2 is 1.94 bits per heavy atom. The van der Waals surface area contributed by atoms with Crippen molar-refractivity contribution in [3.63, 3.8) is 0 Å². The summed E-state index contributed by atoms with van der Waals surface area (Å²) in [6, 6.07) is 8.49. The second kappa shape index (κ2) is 3.47. The van der Waals surface area contributed by atoms with Gasteiger partial charge in [0.15, 0.2) is 11.4 Å². The Kier molecular flexibility index (Phi) is 2.19. The van der Waals surface area contributed by atoms with Crippen LogP contribution in [0.5, 0.6) is 0 Å². The molecular weight excluding hydrogens is 294 g/mol. The van der Waals surface area contributed by atoms with Crippen LogP contribution in [0, 0.1) is 5.82 Å². The molecule has 0 saturated heterocycles.